The van der Waals surface area contributed by atoms with Gasteiger partial charge >= 0.3 is 19.8 Å². The molecule has 1 N–H and O–H groups in total. The maximum atomic E-state index is 12.7. The van der Waals surface area contributed by atoms with Crippen LogP contribution < -0.4 is 0 Å². The summed E-state index contributed by atoms with van der Waals surface area (Å²) in [5.74, 6) is -0.895. The van der Waals surface area contributed by atoms with E-state index in [4.69, 9.17) is 18.5 Å². The van der Waals surface area contributed by atoms with Crippen molar-refractivity contribution in [3.05, 3.63) is 72.9 Å². The van der Waals surface area contributed by atoms with Crippen LogP contribution in [0.2, 0.25) is 0 Å². The maximum absolute atomic E-state index is 12.7. The Morgan fingerprint density at radius 1 is 0.525 bits per heavy atom. The molecule has 0 aromatic rings. The van der Waals surface area contributed by atoms with Gasteiger partial charge in [-0.2, -0.15) is 0 Å². The standard InChI is InChI=1S/C51H90NO8P/c1-6-8-10-12-14-16-18-20-22-24-26-28-29-31-33-35-37-39-41-43-50(53)57-47-49(48-59-61(55,56)58-46-45-52(3,4)5)60-51(54)44-42-40-38-36-34-32-30-27-25-23-21-19-17-15-13-11-9-7-2/h8,10,14,16,20,22,26,28,31,33,37,39,49H,6-7,9,11-13,15,17-19,21,23-25,27,29-30,32,34-36,38,40-48H2,1-5H3/p+1/b10-8+,16-14+,22-20+,28-26+,33-31+,39-37+/t49-/m1/s1. The molecule has 0 radical (unpaired) electrons. The van der Waals surface area contributed by atoms with Crippen LogP contribution in [0.3, 0.4) is 0 Å². The van der Waals surface area contributed by atoms with Crippen LogP contribution in [-0.2, 0) is 32.7 Å². The summed E-state index contributed by atoms with van der Waals surface area (Å²) in [6, 6.07) is 0. The minimum Gasteiger partial charge on any atom is -0.462 e. The van der Waals surface area contributed by atoms with Gasteiger partial charge in [0, 0.05) is 12.8 Å². The van der Waals surface area contributed by atoms with Gasteiger partial charge in [-0.3, -0.25) is 18.6 Å². The van der Waals surface area contributed by atoms with Gasteiger partial charge in [0.1, 0.15) is 19.8 Å². The largest absolute Gasteiger partial charge is 0.472 e. The predicted molar refractivity (Wildman–Crippen MR) is 256 cm³/mol. The van der Waals surface area contributed by atoms with E-state index in [1.54, 1.807) is 0 Å². The third-order valence-corrected chi connectivity index (χ3v) is 11.0. The molecule has 0 heterocycles. The molecular formula is C51H91NO8P+. The second-order valence-corrected chi connectivity index (χ2v) is 18.6. The maximum Gasteiger partial charge on any atom is 0.472 e. The van der Waals surface area contributed by atoms with E-state index in [0.717, 1.165) is 57.8 Å². The molecule has 0 aromatic heterocycles. The first-order valence-electron chi connectivity index (χ1n) is 24.2. The van der Waals surface area contributed by atoms with Crippen LogP contribution >= 0.6 is 7.82 Å². The average molecular weight is 877 g/mol. The lowest BCUT2D eigenvalue weighted by Crippen LogP contribution is -2.37. The number of phosphoric ester groups is 1. The number of nitrogens with zero attached hydrogens (tertiary/aromatic N) is 1. The van der Waals surface area contributed by atoms with E-state index in [0.29, 0.717) is 23.9 Å². The molecule has 9 nitrogen and oxygen atoms in total. The average Bonchev–Trinajstić information content (AvgIpc) is 3.21. The molecule has 0 bridgehead atoms. The lowest BCUT2D eigenvalue weighted by atomic mass is 10.0. The number of hydrogen-bond donors (Lipinski definition) is 1. The van der Waals surface area contributed by atoms with Gasteiger partial charge in [0.05, 0.1) is 27.7 Å². The van der Waals surface area contributed by atoms with Crippen molar-refractivity contribution in [2.24, 2.45) is 0 Å². The Morgan fingerprint density at radius 3 is 1.36 bits per heavy atom. The molecule has 0 aliphatic rings. The van der Waals surface area contributed by atoms with Gasteiger partial charge in [-0.25, -0.2) is 4.57 Å². The molecule has 0 saturated heterocycles. The second-order valence-electron chi connectivity index (χ2n) is 17.1. The number of ether oxygens (including phenoxy) is 2. The molecular weight excluding hydrogens is 786 g/mol. The van der Waals surface area contributed by atoms with Gasteiger partial charge in [-0.1, -0.05) is 196 Å². The van der Waals surface area contributed by atoms with Gasteiger partial charge in [0.2, 0.25) is 0 Å². The van der Waals surface area contributed by atoms with Crippen LogP contribution in [-0.4, -0.2) is 74.9 Å². The number of carbonyl (C=O) groups excluding carboxylic acids is 2. The highest BCUT2D eigenvalue weighted by Crippen LogP contribution is 2.43. The summed E-state index contributed by atoms with van der Waals surface area (Å²) < 4.78 is 34.3. The Morgan fingerprint density at radius 2 is 0.934 bits per heavy atom. The molecule has 0 fully saturated rings. The topological polar surface area (TPSA) is 108 Å². The number of esters is 2. The third kappa shape index (κ3) is 46.8. The van der Waals surface area contributed by atoms with E-state index in [-0.39, 0.29) is 26.1 Å². The zero-order valence-electron chi connectivity index (χ0n) is 39.6. The summed E-state index contributed by atoms with van der Waals surface area (Å²) in [7, 11) is 1.43. The van der Waals surface area contributed by atoms with Gasteiger partial charge in [0.15, 0.2) is 6.10 Å². The zero-order valence-corrected chi connectivity index (χ0v) is 40.5. The van der Waals surface area contributed by atoms with Crippen molar-refractivity contribution in [3.8, 4) is 0 Å². The second kappa shape index (κ2) is 42.7. The van der Waals surface area contributed by atoms with Crippen LogP contribution in [0.15, 0.2) is 72.9 Å². The third-order valence-electron chi connectivity index (χ3n) is 10.0. The number of carbonyl (C=O) groups is 2. The highest BCUT2D eigenvalue weighted by Gasteiger charge is 2.27. The molecule has 61 heavy (non-hydrogen) atoms. The molecule has 0 amide bonds. The van der Waals surface area contributed by atoms with Crippen molar-refractivity contribution in [2.45, 2.75) is 193 Å². The predicted octanol–water partition coefficient (Wildman–Crippen LogP) is 14.2. The number of allylic oxidation sites excluding steroid dienone is 12. The van der Waals surface area contributed by atoms with E-state index in [1.165, 1.54) is 89.9 Å². The summed E-state index contributed by atoms with van der Waals surface area (Å²) in [5, 5.41) is 0. The summed E-state index contributed by atoms with van der Waals surface area (Å²) in [4.78, 5) is 35.4. The number of hydrogen-bond acceptors (Lipinski definition) is 7. The van der Waals surface area contributed by atoms with E-state index in [2.05, 4.69) is 74.6 Å². The quantitative estimate of drug-likeness (QED) is 0.0212. The normalized spacial score (nSPS) is 14.1. The Bertz CT molecular complexity index is 1270. The first-order chi connectivity index (χ1) is 29.5. The number of phosphoric acid groups is 1. The smallest absolute Gasteiger partial charge is 0.462 e. The summed E-state index contributed by atoms with van der Waals surface area (Å²) in [6.07, 6.45) is 54.0. The summed E-state index contributed by atoms with van der Waals surface area (Å²) in [6.45, 7) is 4.23. The molecule has 0 aliphatic heterocycles. The Kier molecular flexibility index (Phi) is 40.9. The van der Waals surface area contributed by atoms with Crippen LogP contribution in [0.25, 0.3) is 0 Å². The minimum absolute atomic E-state index is 0.0185. The first kappa shape index (κ1) is 58.5. The van der Waals surface area contributed by atoms with Crippen molar-refractivity contribution in [2.75, 3.05) is 47.5 Å². The molecule has 0 aliphatic carbocycles. The highest BCUT2D eigenvalue weighted by molar-refractivity contribution is 7.47. The summed E-state index contributed by atoms with van der Waals surface area (Å²) >= 11 is 0. The molecule has 0 spiro atoms. The lowest BCUT2D eigenvalue weighted by Gasteiger charge is -2.24. The Labute approximate surface area is 374 Å². The molecule has 0 rings (SSSR count). The minimum atomic E-state index is -4.40. The van der Waals surface area contributed by atoms with Gasteiger partial charge < -0.3 is 18.9 Å². The fourth-order valence-corrected chi connectivity index (χ4v) is 7.02. The molecule has 0 saturated carbocycles. The van der Waals surface area contributed by atoms with E-state index < -0.39 is 32.5 Å². The monoisotopic (exact) mass is 877 g/mol. The SMILES string of the molecule is CC/C=C/C/C=C/C/C=C/C/C=C/C/C=C/C/C=C/CCC(=O)OC[C@H](COP(=O)(O)OCC[N+](C)(C)C)OC(=O)CCCCCCCCCCCCCCCCCCCC. The lowest BCUT2D eigenvalue weighted by molar-refractivity contribution is -0.870. The van der Waals surface area contributed by atoms with Crippen LogP contribution in [0.5, 0.6) is 0 Å². The summed E-state index contributed by atoms with van der Waals surface area (Å²) in [5.41, 5.74) is 0. The van der Waals surface area contributed by atoms with E-state index >= 15 is 0 Å². The van der Waals surface area contributed by atoms with Crippen molar-refractivity contribution < 1.29 is 42.1 Å². The highest BCUT2D eigenvalue weighted by atomic mass is 31.2. The zero-order chi connectivity index (χ0) is 45.0. The van der Waals surface area contributed by atoms with Gasteiger partial charge in [0.25, 0.3) is 0 Å². The molecule has 1 unspecified atom stereocenters. The fraction of sp³-hybridized carbons (Fsp3) is 0.725. The van der Waals surface area contributed by atoms with Crippen LogP contribution in [0.4, 0.5) is 0 Å². The first-order valence-corrected chi connectivity index (χ1v) is 25.7. The molecule has 352 valence electrons. The van der Waals surface area contributed by atoms with E-state index in [9.17, 15) is 19.0 Å². The Hall–Kier alpha value is -2.55. The van der Waals surface area contributed by atoms with E-state index in [1.807, 2.05) is 33.3 Å². The van der Waals surface area contributed by atoms with Crippen molar-refractivity contribution >= 4 is 19.8 Å². The van der Waals surface area contributed by atoms with Crippen molar-refractivity contribution in [1.29, 1.82) is 0 Å². The van der Waals surface area contributed by atoms with Crippen molar-refractivity contribution in [1.82, 2.24) is 0 Å². The molecule has 10 heteroatoms. The van der Waals surface area contributed by atoms with Gasteiger partial charge in [-0.05, 0) is 51.4 Å². The Balaban J connectivity index is 4.41. The number of unbranched alkanes of at least 4 members (excludes halogenated alkanes) is 17. The van der Waals surface area contributed by atoms with Crippen molar-refractivity contribution in [3.63, 3.8) is 0 Å². The molecule has 0 aromatic carbocycles. The number of rotatable bonds is 43. The number of likely N-dealkylation sites (N-methyl/N-ethyl adjacent to an activating group) is 1. The van der Waals surface area contributed by atoms with Crippen LogP contribution in [0, 0.1) is 0 Å². The molecule has 2 atom stereocenters. The van der Waals surface area contributed by atoms with Crippen LogP contribution in [0.1, 0.15) is 187 Å². The number of quaternary nitrogens is 1. The fourth-order valence-electron chi connectivity index (χ4n) is 6.28. The van der Waals surface area contributed by atoms with Gasteiger partial charge in [-0.15, -0.1) is 0 Å².